The van der Waals surface area contributed by atoms with E-state index in [0.29, 0.717) is 19.8 Å². The van der Waals surface area contributed by atoms with Crippen molar-refractivity contribution < 1.29 is 9.47 Å². The smallest absolute Gasteiger partial charge is 0.191 e. The minimum atomic E-state index is 0. The van der Waals surface area contributed by atoms with Crippen molar-refractivity contribution in [2.45, 2.75) is 32.0 Å². The standard InChI is InChI=1S/C18H25BrN6O2.HI/c1-20-18(21-8-9-27-15-5-3-4-13(19)10-15)22-14-6-7-17-23-16(12-26-2)24-25(17)11-14;/h3-5,10,14H,6-9,11-12H2,1-2H3,(H2,20,21,22);1H. The first-order chi connectivity index (χ1) is 13.2. The van der Waals surface area contributed by atoms with Crippen LogP contribution in [0.3, 0.4) is 0 Å². The van der Waals surface area contributed by atoms with Gasteiger partial charge in [0.2, 0.25) is 0 Å². The molecule has 2 aromatic rings. The Bertz CT molecular complexity index is 785. The normalized spacial score (nSPS) is 16.1. The van der Waals surface area contributed by atoms with E-state index in [1.165, 1.54) is 0 Å². The van der Waals surface area contributed by atoms with Gasteiger partial charge in [0.25, 0.3) is 0 Å². The van der Waals surface area contributed by atoms with Gasteiger partial charge >= 0.3 is 0 Å². The molecule has 1 atom stereocenters. The van der Waals surface area contributed by atoms with Gasteiger partial charge in [0.05, 0.1) is 13.1 Å². The molecule has 0 aliphatic carbocycles. The molecule has 1 aliphatic heterocycles. The second-order valence-electron chi connectivity index (χ2n) is 6.24. The molecule has 1 unspecified atom stereocenters. The number of rotatable bonds is 7. The Hall–Kier alpha value is -1.40. The van der Waals surface area contributed by atoms with E-state index in [2.05, 4.69) is 41.6 Å². The summed E-state index contributed by atoms with van der Waals surface area (Å²) in [7, 11) is 3.42. The van der Waals surface area contributed by atoms with E-state index in [4.69, 9.17) is 9.47 Å². The van der Waals surface area contributed by atoms with Crippen LogP contribution < -0.4 is 15.4 Å². The molecule has 1 aromatic heterocycles. The number of fused-ring (bicyclic) bond motifs is 1. The van der Waals surface area contributed by atoms with Crippen LogP contribution >= 0.6 is 39.9 Å². The van der Waals surface area contributed by atoms with E-state index < -0.39 is 0 Å². The maximum absolute atomic E-state index is 5.73. The summed E-state index contributed by atoms with van der Waals surface area (Å²) in [5, 5.41) is 11.2. The minimum Gasteiger partial charge on any atom is -0.492 e. The molecule has 8 nitrogen and oxygen atoms in total. The number of halogens is 2. The van der Waals surface area contributed by atoms with Gasteiger partial charge in [0.1, 0.15) is 24.8 Å². The van der Waals surface area contributed by atoms with Gasteiger partial charge in [-0.2, -0.15) is 5.10 Å². The molecule has 0 saturated heterocycles. The third-order valence-electron chi connectivity index (χ3n) is 4.20. The lowest BCUT2D eigenvalue weighted by Crippen LogP contribution is -2.47. The largest absolute Gasteiger partial charge is 0.492 e. The zero-order valence-corrected chi connectivity index (χ0v) is 19.9. The van der Waals surface area contributed by atoms with Crippen LogP contribution in [0.1, 0.15) is 18.1 Å². The molecule has 0 fully saturated rings. The Morgan fingerprint density at radius 1 is 1.43 bits per heavy atom. The van der Waals surface area contributed by atoms with Gasteiger partial charge in [-0.3, -0.25) is 4.99 Å². The molecule has 0 spiro atoms. The molecule has 3 rings (SSSR count). The summed E-state index contributed by atoms with van der Waals surface area (Å²) in [6.07, 6.45) is 1.87. The quantitative estimate of drug-likeness (QED) is 0.232. The van der Waals surface area contributed by atoms with Gasteiger partial charge in [-0.05, 0) is 24.6 Å². The first kappa shape index (κ1) is 22.9. The maximum Gasteiger partial charge on any atom is 0.191 e. The number of aromatic nitrogens is 3. The summed E-state index contributed by atoms with van der Waals surface area (Å²) in [5.41, 5.74) is 0. The lowest BCUT2D eigenvalue weighted by molar-refractivity contribution is 0.177. The van der Waals surface area contributed by atoms with Crippen LogP contribution in [0.4, 0.5) is 0 Å². The fourth-order valence-corrected chi connectivity index (χ4v) is 3.33. The summed E-state index contributed by atoms with van der Waals surface area (Å²) >= 11 is 3.44. The molecule has 0 radical (unpaired) electrons. The van der Waals surface area contributed by atoms with Crippen LogP contribution in [0.25, 0.3) is 0 Å². The third-order valence-corrected chi connectivity index (χ3v) is 4.69. The zero-order valence-electron chi connectivity index (χ0n) is 16.0. The molecule has 0 bridgehead atoms. The Labute approximate surface area is 190 Å². The van der Waals surface area contributed by atoms with Crippen molar-refractivity contribution in [1.82, 2.24) is 25.4 Å². The molecule has 10 heteroatoms. The van der Waals surface area contributed by atoms with Crippen molar-refractivity contribution in [2.24, 2.45) is 4.99 Å². The molecule has 28 heavy (non-hydrogen) atoms. The van der Waals surface area contributed by atoms with E-state index in [0.717, 1.165) is 47.2 Å². The Kier molecular flexibility index (Phi) is 9.45. The van der Waals surface area contributed by atoms with E-state index in [1.807, 2.05) is 28.9 Å². The van der Waals surface area contributed by atoms with Crippen molar-refractivity contribution in [3.05, 3.63) is 40.4 Å². The number of ether oxygens (including phenoxy) is 2. The van der Waals surface area contributed by atoms with Crippen molar-refractivity contribution in [2.75, 3.05) is 27.3 Å². The number of nitrogens with zero attached hydrogens (tertiary/aromatic N) is 4. The summed E-state index contributed by atoms with van der Waals surface area (Å²) < 4.78 is 13.8. The minimum absolute atomic E-state index is 0. The Morgan fingerprint density at radius 2 is 2.29 bits per heavy atom. The fraction of sp³-hybridized carbons (Fsp3) is 0.500. The van der Waals surface area contributed by atoms with Gasteiger partial charge < -0.3 is 20.1 Å². The first-order valence-electron chi connectivity index (χ1n) is 8.95. The second-order valence-corrected chi connectivity index (χ2v) is 7.16. The fourth-order valence-electron chi connectivity index (χ4n) is 2.95. The van der Waals surface area contributed by atoms with E-state index in [-0.39, 0.29) is 30.0 Å². The SMILES string of the molecule is CN=C(NCCOc1cccc(Br)c1)NC1CCc2nc(COC)nn2C1.I. The Morgan fingerprint density at radius 3 is 3.04 bits per heavy atom. The monoisotopic (exact) mass is 564 g/mol. The number of benzene rings is 1. The van der Waals surface area contributed by atoms with Gasteiger partial charge in [0, 0.05) is 31.1 Å². The summed E-state index contributed by atoms with van der Waals surface area (Å²) in [6, 6.07) is 8.06. The second kappa shape index (κ2) is 11.6. The summed E-state index contributed by atoms with van der Waals surface area (Å²) in [6.45, 7) is 2.42. The summed E-state index contributed by atoms with van der Waals surface area (Å²) in [5.74, 6) is 3.36. The molecule has 2 N–H and O–H groups in total. The number of hydrogen-bond acceptors (Lipinski definition) is 5. The first-order valence-corrected chi connectivity index (χ1v) is 9.74. The Balaban J connectivity index is 0.00000280. The average Bonchev–Trinajstić information content (AvgIpc) is 3.06. The third kappa shape index (κ3) is 6.59. The number of hydrogen-bond donors (Lipinski definition) is 2. The number of guanidine groups is 1. The van der Waals surface area contributed by atoms with E-state index in [9.17, 15) is 0 Å². The highest BCUT2D eigenvalue weighted by Gasteiger charge is 2.22. The molecule has 154 valence electrons. The van der Waals surface area contributed by atoms with Crippen LogP contribution in [0.5, 0.6) is 5.75 Å². The van der Waals surface area contributed by atoms with Crippen molar-refractivity contribution in [3.8, 4) is 5.75 Å². The number of methoxy groups -OCH3 is 1. The van der Waals surface area contributed by atoms with Crippen molar-refractivity contribution in [1.29, 1.82) is 0 Å². The van der Waals surface area contributed by atoms with Crippen LogP contribution in [0.15, 0.2) is 33.7 Å². The molecule has 2 heterocycles. The maximum atomic E-state index is 5.73. The number of aryl methyl sites for hydroxylation is 1. The average molecular weight is 565 g/mol. The van der Waals surface area contributed by atoms with E-state index in [1.54, 1.807) is 14.2 Å². The van der Waals surface area contributed by atoms with Gasteiger partial charge in [-0.1, -0.05) is 22.0 Å². The van der Waals surface area contributed by atoms with Crippen LogP contribution in [-0.4, -0.2) is 54.1 Å². The van der Waals surface area contributed by atoms with Crippen molar-refractivity contribution >= 4 is 45.9 Å². The molecular weight excluding hydrogens is 539 g/mol. The molecule has 1 aliphatic rings. The molecule has 0 amide bonds. The number of nitrogens with one attached hydrogen (secondary N) is 2. The molecular formula is C18H26BrIN6O2. The van der Waals surface area contributed by atoms with Crippen LogP contribution in [0.2, 0.25) is 0 Å². The van der Waals surface area contributed by atoms with Gasteiger partial charge in [0.15, 0.2) is 11.8 Å². The highest BCUT2D eigenvalue weighted by atomic mass is 127. The van der Waals surface area contributed by atoms with Crippen LogP contribution in [-0.2, 0) is 24.3 Å². The highest BCUT2D eigenvalue weighted by Crippen LogP contribution is 2.17. The topological polar surface area (TPSA) is 85.6 Å². The summed E-state index contributed by atoms with van der Waals surface area (Å²) in [4.78, 5) is 8.80. The van der Waals surface area contributed by atoms with Crippen molar-refractivity contribution in [3.63, 3.8) is 0 Å². The van der Waals surface area contributed by atoms with Crippen LogP contribution in [0, 0.1) is 0 Å². The highest BCUT2D eigenvalue weighted by molar-refractivity contribution is 14.0. The zero-order chi connectivity index (χ0) is 19.1. The lowest BCUT2D eigenvalue weighted by Gasteiger charge is -2.25. The van der Waals surface area contributed by atoms with E-state index >= 15 is 0 Å². The van der Waals surface area contributed by atoms with Gasteiger partial charge in [-0.15, -0.1) is 24.0 Å². The van der Waals surface area contributed by atoms with Gasteiger partial charge in [-0.25, -0.2) is 9.67 Å². The number of aliphatic imine (C=N–C) groups is 1. The molecule has 0 saturated carbocycles. The predicted molar refractivity (Wildman–Crippen MR) is 122 cm³/mol. The lowest BCUT2D eigenvalue weighted by atomic mass is 10.1. The molecule has 1 aromatic carbocycles. The predicted octanol–water partition coefficient (Wildman–Crippen LogP) is 2.36.